The smallest absolute Gasteiger partial charge is 0.305 e. The van der Waals surface area contributed by atoms with Crippen LogP contribution in [0, 0.1) is 0 Å². The van der Waals surface area contributed by atoms with Crippen LogP contribution in [0.15, 0.2) is 0 Å². The largest absolute Gasteiger partial charge is 0.728 e. The summed E-state index contributed by atoms with van der Waals surface area (Å²) in [5.41, 5.74) is 0. The van der Waals surface area contributed by atoms with Gasteiger partial charge in [-0.25, -0.2) is 5.90 Å². The molecule has 0 aliphatic carbocycles. The van der Waals surface area contributed by atoms with Crippen LogP contribution in [0.3, 0.4) is 0 Å². The van der Waals surface area contributed by atoms with Crippen molar-refractivity contribution in [3.63, 3.8) is 0 Å². The zero-order valence-corrected chi connectivity index (χ0v) is 10.5. The third-order valence-corrected chi connectivity index (χ3v) is 1.78. The van der Waals surface area contributed by atoms with Gasteiger partial charge in [-0.05, 0) is 6.42 Å². The molecule has 1 atom stereocenters. The molecule has 92 valence electrons. The summed E-state index contributed by atoms with van der Waals surface area (Å²) in [5, 5.41) is 0. The molecule has 0 saturated carbocycles. The molecule has 0 aromatic rings. The van der Waals surface area contributed by atoms with Crippen molar-refractivity contribution >= 4 is 8.25 Å². The zero-order valence-electron chi connectivity index (χ0n) is 9.60. The predicted octanol–water partition coefficient (Wildman–Crippen LogP) is 2.33. The molecule has 0 amide bonds. The minimum absolute atomic E-state index is 0.266. The van der Waals surface area contributed by atoms with Gasteiger partial charge < -0.3 is 4.84 Å². The lowest BCUT2D eigenvalue weighted by Crippen LogP contribution is -2.03. The van der Waals surface area contributed by atoms with Crippen LogP contribution in [0.4, 0.5) is 0 Å². The second kappa shape index (κ2) is 16.3. The Morgan fingerprint density at radius 1 is 1.20 bits per heavy atom. The Bertz CT molecular complexity index is 134. The molecular formula is C8H21NO5P+. The summed E-state index contributed by atoms with van der Waals surface area (Å²) in [5.74, 6) is 4.72. The fourth-order valence-corrected chi connectivity index (χ4v) is 0.533. The number of hydrogen-bond acceptors (Lipinski definition) is 6. The SMILES string of the molecule is CCCC.CO[P+](=O)OOCCCON. The maximum Gasteiger partial charge on any atom is 0.728 e. The van der Waals surface area contributed by atoms with Gasteiger partial charge in [0, 0.05) is 4.57 Å². The Hall–Kier alpha value is -0.100. The van der Waals surface area contributed by atoms with E-state index in [1.54, 1.807) is 0 Å². The molecule has 0 saturated heterocycles. The van der Waals surface area contributed by atoms with Gasteiger partial charge in [-0.2, -0.15) is 4.89 Å². The highest BCUT2D eigenvalue weighted by Crippen LogP contribution is 2.21. The molecule has 0 aromatic carbocycles. The van der Waals surface area contributed by atoms with Crippen LogP contribution in [0.25, 0.3) is 0 Å². The van der Waals surface area contributed by atoms with E-state index in [1.165, 1.54) is 20.0 Å². The van der Waals surface area contributed by atoms with Crippen molar-refractivity contribution in [1.29, 1.82) is 0 Å². The third kappa shape index (κ3) is 20.1. The van der Waals surface area contributed by atoms with E-state index in [4.69, 9.17) is 5.90 Å². The summed E-state index contributed by atoms with van der Waals surface area (Å²) in [6.45, 7) is 4.99. The van der Waals surface area contributed by atoms with Crippen LogP contribution < -0.4 is 5.90 Å². The second-order valence-electron chi connectivity index (χ2n) is 2.53. The molecule has 0 spiro atoms. The van der Waals surface area contributed by atoms with E-state index in [9.17, 15) is 4.57 Å². The van der Waals surface area contributed by atoms with E-state index in [2.05, 4.69) is 32.8 Å². The van der Waals surface area contributed by atoms with Crippen molar-refractivity contribution in [2.45, 2.75) is 33.1 Å². The first-order valence-corrected chi connectivity index (χ1v) is 5.95. The summed E-state index contributed by atoms with van der Waals surface area (Å²) in [6.07, 6.45) is 3.21. The molecule has 7 heteroatoms. The third-order valence-electron chi connectivity index (χ3n) is 1.25. The number of nitrogens with two attached hydrogens (primary N) is 1. The van der Waals surface area contributed by atoms with Crippen molar-refractivity contribution < 1.29 is 23.5 Å². The average Bonchev–Trinajstić information content (AvgIpc) is 2.28. The summed E-state index contributed by atoms with van der Waals surface area (Å²) >= 11 is 0. The van der Waals surface area contributed by atoms with Gasteiger partial charge in [0.15, 0.2) is 0 Å². The lowest BCUT2D eigenvalue weighted by Gasteiger charge is -1.93. The van der Waals surface area contributed by atoms with Crippen LogP contribution in [-0.4, -0.2) is 20.3 Å². The maximum atomic E-state index is 10.4. The molecule has 15 heavy (non-hydrogen) atoms. The van der Waals surface area contributed by atoms with Crippen LogP contribution in [0.5, 0.6) is 0 Å². The van der Waals surface area contributed by atoms with Crippen LogP contribution in [0.1, 0.15) is 33.1 Å². The molecule has 0 bridgehead atoms. The average molecular weight is 242 g/mol. The minimum atomic E-state index is -2.14. The fourth-order valence-electron chi connectivity index (χ4n) is 0.312. The molecule has 0 aliphatic heterocycles. The maximum absolute atomic E-state index is 10.4. The Morgan fingerprint density at radius 2 is 1.80 bits per heavy atom. The molecular weight excluding hydrogens is 221 g/mol. The lowest BCUT2D eigenvalue weighted by atomic mass is 10.4. The van der Waals surface area contributed by atoms with Crippen LogP contribution in [0.2, 0.25) is 0 Å². The van der Waals surface area contributed by atoms with Crippen molar-refractivity contribution in [2.24, 2.45) is 5.90 Å². The van der Waals surface area contributed by atoms with Crippen molar-refractivity contribution in [2.75, 3.05) is 20.3 Å². The highest BCUT2D eigenvalue weighted by atomic mass is 31.1. The van der Waals surface area contributed by atoms with E-state index in [0.717, 1.165) is 0 Å². The van der Waals surface area contributed by atoms with Gasteiger partial charge in [-0.3, -0.25) is 0 Å². The minimum Gasteiger partial charge on any atom is -0.305 e. The van der Waals surface area contributed by atoms with Gasteiger partial charge in [0.05, 0.1) is 25.0 Å². The summed E-state index contributed by atoms with van der Waals surface area (Å²) in [7, 11) is -0.888. The normalized spacial score (nSPS) is 10.5. The standard InChI is InChI=1S/C4H11NO5P.C4H10/c1-7-11(6)10-9-4-2-3-8-5;1-3-4-2/h2-5H2,1H3;3-4H2,1-2H3/q+1;. The van der Waals surface area contributed by atoms with E-state index < -0.39 is 8.25 Å². The highest BCUT2D eigenvalue weighted by Gasteiger charge is 2.18. The van der Waals surface area contributed by atoms with Gasteiger partial charge in [-0.15, -0.1) is 4.52 Å². The van der Waals surface area contributed by atoms with Crippen LogP contribution in [-0.2, 0) is 23.5 Å². The van der Waals surface area contributed by atoms with Gasteiger partial charge in [0.2, 0.25) is 0 Å². The van der Waals surface area contributed by atoms with E-state index in [-0.39, 0.29) is 6.61 Å². The quantitative estimate of drug-likeness (QED) is 0.304. The predicted molar refractivity (Wildman–Crippen MR) is 57.0 cm³/mol. The molecule has 2 N–H and O–H groups in total. The Balaban J connectivity index is 0. The Kier molecular flexibility index (Phi) is 18.8. The molecule has 0 aromatic heterocycles. The highest BCUT2D eigenvalue weighted by molar-refractivity contribution is 7.33. The van der Waals surface area contributed by atoms with Gasteiger partial charge in [0.25, 0.3) is 0 Å². The number of hydrogen-bond donors (Lipinski definition) is 1. The van der Waals surface area contributed by atoms with Crippen molar-refractivity contribution in [3.05, 3.63) is 0 Å². The summed E-state index contributed by atoms with van der Waals surface area (Å²) < 4.78 is 18.9. The molecule has 0 heterocycles. The second-order valence-corrected chi connectivity index (χ2v) is 3.49. The van der Waals surface area contributed by atoms with Gasteiger partial charge >= 0.3 is 8.25 Å². The first-order chi connectivity index (χ1) is 7.22. The zero-order chi connectivity index (χ0) is 11.9. The first-order valence-electron chi connectivity index (χ1n) is 4.85. The van der Waals surface area contributed by atoms with E-state index in [1.807, 2.05) is 0 Å². The monoisotopic (exact) mass is 242 g/mol. The molecule has 0 radical (unpaired) electrons. The molecule has 6 nitrogen and oxygen atoms in total. The van der Waals surface area contributed by atoms with E-state index in [0.29, 0.717) is 13.0 Å². The van der Waals surface area contributed by atoms with Crippen molar-refractivity contribution in [3.8, 4) is 0 Å². The lowest BCUT2D eigenvalue weighted by molar-refractivity contribution is -0.211. The van der Waals surface area contributed by atoms with Gasteiger partial charge in [0.1, 0.15) is 0 Å². The first kappa shape index (κ1) is 17.3. The topological polar surface area (TPSA) is 80.0 Å². The molecule has 0 rings (SSSR count). The number of unbranched alkanes of at least 4 members (excludes halogenated alkanes) is 1. The Labute approximate surface area is 91.9 Å². The summed E-state index contributed by atoms with van der Waals surface area (Å²) in [4.78, 5) is 8.68. The van der Waals surface area contributed by atoms with Gasteiger partial charge in [-0.1, -0.05) is 26.7 Å². The summed E-state index contributed by atoms with van der Waals surface area (Å²) in [6, 6.07) is 0. The van der Waals surface area contributed by atoms with Crippen LogP contribution >= 0.6 is 8.25 Å². The number of rotatable bonds is 8. The van der Waals surface area contributed by atoms with Crippen molar-refractivity contribution in [1.82, 2.24) is 0 Å². The molecule has 0 aliphatic rings. The Morgan fingerprint density at radius 3 is 2.20 bits per heavy atom. The molecule has 0 fully saturated rings. The molecule has 1 unspecified atom stereocenters. The van der Waals surface area contributed by atoms with E-state index >= 15 is 0 Å². The fraction of sp³-hybridized carbons (Fsp3) is 1.00.